The van der Waals surface area contributed by atoms with Gasteiger partial charge in [0.25, 0.3) is 0 Å². The number of carbonyl (C=O) groups excluding carboxylic acids is 2. The van der Waals surface area contributed by atoms with E-state index < -0.39 is 5.60 Å². The molecule has 144 valence electrons. The van der Waals surface area contributed by atoms with Crippen LogP contribution in [0.5, 0.6) is 0 Å². The highest BCUT2D eigenvalue weighted by molar-refractivity contribution is 6.36. The average molecular weight is 401 g/mol. The lowest BCUT2D eigenvalue weighted by Crippen LogP contribution is -2.47. The first-order valence-electron chi connectivity index (χ1n) is 8.74. The van der Waals surface area contributed by atoms with Crippen LogP contribution in [-0.4, -0.2) is 47.5 Å². The number of ether oxygens (including phenoxy) is 1. The zero-order chi connectivity index (χ0) is 19.5. The standard InChI is InChI=1S/C19H26Cl2N2O3/c1-19(2,3)26-18(25)23-10-6-7-13(11-23)17(24)22(4)12-14-15(20)8-5-9-16(14)21/h5,8-9,13H,6-7,10-12H2,1-4H3/t13-/m0/s1. The lowest BCUT2D eigenvalue weighted by Gasteiger charge is -2.35. The Morgan fingerprint density at radius 2 is 1.88 bits per heavy atom. The van der Waals surface area contributed by atoms with Crippen LogP contribution in [0.4, 0.5) is 4.79 Å². The highest BCUT2D eigenvalue weighted by Crippen LogP contribution is 2.27. The fraction of sp³-hybridized carbons (Fsp3) is 0.579. The summed E-state index contributed by atoms with van der Waals surface area (Å²) in [6, 6.07) is 5.29. The van der Waals surface area contributed by atoms with Gasteiger partial charge >= 0.3 is 6.09 Å². The molecular formula is C19H26Cl2N2O3. The molecule has 1 heterocycles. The number of amides is 2. The first kappa shape index (κ1) is 20.8. The molecule has 5 nitrogen and oxygen atoms in total. The molecular weight excluding hydrogens is 375 g/mol. The van der Waals surface area contributed by atoms with Gasteiger partial charge in [-0.2, -0.15) is 0 Å². The number of piperidine rings is 1. The van der Waals surface area contributed by atoms with Crippen molar-refractivity contribution in [1.29, 1.82) is 0 Å². The zero-order valence-electron chi connectivity index (χ0n) is 15.7. The Hall–Kier alpha value is -1.46. The highest BCUT2D eigenvalue weighted by Gasteiger charge is 2.32. The van der Waals surface area contributed by atoms with E-state index >= 15 is 0 Å². The molecule has 1 aliphatic rings. The summed E-state index contributed by atoms with van der Waals surface area (Å²) in [4.78, 5) is 28.4. The van der Waals surface area contributed by atoms with Gasteiger partial charge in [0.2, 0.25) is 5.91 Å². The summed E-state index contributed by atoms with van der Waals surface area (Å²) < 4.78 is 5.42. The van der Waals surface area contributed by atoms with Crippen LogP contribution >= 0.6 is 23.2 Å². The van der Waals surface area contributed by atoms with Gasteiger partial charge in [-0.05, 0) is 45.7 Å². The summed E-state index contributed by atoms with van der Waals surface area (Å²) in [5.74, 6) is -0.267. The van der Waals surface area contributed by atoms with Crippen molar-refractivity contribution in [2.75, 3.05) is 20.1 Å². The summed E-state index contributed by atoms with van der Waals surface area (Å²) in [5, 5.41) is 1.08. The molecule has 1 fully saturated rings. The smallest absolute Gasteiger partial charge is 0.410 e. The molecule has 26 heavy (non-hydrogen) atoms. The van der Waals surface area contributed by atoms with Crippen molar-refractivity contribution < 1.29 is 14.3 Å². The maximum Gasteiger partial charge on any atom is 0.410 e. The minimum absolute atomic E-state index is 0.0192. The molecule has 7 heteroatoms. The van der Waals surface area contributed by atoms with Crippen LogP contribution in [0.1, 0.15) is 39.2 Å². The lowest BCUT2D eigenvalue weighted by atomic mass is 9.96. The van der Waals surface area contributed by atoms with Crippen LogP contribution in [-0.2, 0) is 16.1 Å². The normalized spacial score (nSPS) is 17.8. The van der Waals surface area contributed by atoms with E-state index in [-0.39, 0.29) is 17.9 Å². The number of hydrogen-bond donors (Lipinski definition) is 0. The fourth-order valence-corrected chi connectivity index (χ4v) is 3.50. The van der Waals surface area contributed by atoms with Gasteiger partial charge in [0.05, 0.1) is 5.92 Å². The second kappa shape index (κ2) is 8.49. The van der Waals surface area contributed by atoms with E-state index in [1.165, 1.54) is 0 Å². The number of rotatable bonds is 3. The molecule has 0 aliphatic carbocycles. The third kappa shape index (κ3) is 5.52. The van der Waals surface area contributed by atoms with Gasteiger partial charge in [-0.3, -0.25) is 4.79 Å². The predicted octanol–water partition coefficient (Wildman–Crippen LogP) is 4.60. The van der Waals surface area contributed by atoms with E-state index in [0.717, 1.165) is 18.4 Å². The monoisotopic (exact) mass is 400 g/mol. The fourth-order valence-electron chi connectivity index (χ4n) is 2.98. The van der Waals surface area contributed by atoms with Crippen molar-refractivity contribution in [3.05, 3.63) is 33.8 Å². The maximum absolute atomic E-state index is 12.8. The van der Waals surface area contributed by atoms with Crippen LogP contribution in [0.25, 0.3) is 0 Å². The maximum atomic E-state index is 12.8. The molecule has 2 rings (SSSR count). The van der Waals surface area contributed by atoms with E-state index in [4.69, 9.17) is 27.9 Å². The third-order valence-corrected chi connectivity index (χ3v) is 4.96. The van der Waals surface area contributed by atoms with Crippen molar-refractivity contribution in [3.63, 3.8) is 0 Å². The van der Waals surface area contributed by atoms with Crippen LogP contribution in [0.15, 0.2) is 18.2 Å². The third-order valence-electron chi connectivity index (χ3n) is 4.26. The van der Waals surface area contributed by atoms with Crippen molar-refractivity contribution >= 4 is 35.2 Å². The summed E-state index contributed by atoms with van der Waals surface area (Å²) in [6.45, 7) is 6.81. The van der Waals surface area contributed by atoms with E-state index in [1.54, 1.807) is 35.0 Å². The van der Waals surface area contributed by atoms with Crippen LogP contribution in [0, 0.1) is 5.92 Å². The molecule has 1 aromatic rings. The molecule has 0 bridgehead atoms. The van der Waals surface area contributed by atoms with Crippen LogP contribution < -0.4 is 0 Å². The first-order chi connectivity index (χ1) is 12.1. The largest absolute Gasteiger partial charge is 0.444 e. The van der Waals surface area contributed by atoms with Gasteiger partial charge in [-0.1, -0.05) is 29.3 Å². The number of halogens is 2. The van der Waals surface area contributed by atoms with Gasteiger partial charge in [0, 0.05) is 42.3 Å². The van der Waals surface area contributed by atoms with Gasteiger partial charge < -0.3 is 14.5 Å². The van der Waals surface area contributed by atoms with Crippen molar-refractivity contribution in [1.82, 2.24) is 9.80 Å². The van der Waals surface area contributed by atoms with E-state index in [2.05, 4.69) is 0 Å². The molecule has 1 saturated heterocycles. The number of benzene rings is 1. The first-order valence-corrected chi connectivity index (χ1v) is 9.50. The Kier molecular flexibility index (Phi) is 6.80. The van der Waals surface area contributed by atoms with Gasteiger partial charge in [0.1, 0.15) is 5.60 Å². The second-order valence-electron chi connectivity index (χ2n) is 7.66. The Bertz CT molecular complexity index is 653. The molecule has 0 unspecified atom stereocenters. The van der Waals surface area contributed by atoms with Crippen molar-refractivity contribution in [3.8, 4) is 0 Å². The molecule has 0 spiro atoms. The SMILES string of the molecule is CN(Cc1c(Cl)cccc1Cl)C(=O)[C@H]1CCCN(C(=O)OC(C)(C)C)C1. The van der Waals surface area contributed by atoms with Gasteiger partial charge in [-0.25, -0.2) is 4.79 Å². The summed E-state index contributed by atoms with van der Waals surface area (Å²) in [6.07, 6.45) is 1.15. The predicted molar refractivity (Wildman–Crippen MR) is 103 cm³/mol. The molecule has 0 N–H and O–H groups in total. The number of carbonyl (C=O) groups is 2. The molecule has 0 aromatic heterocycles. The lowest BCUT2D eigenvalue weighted by molar-refractivity contribution is -0.136. The van der Waals surface area contributed by atoms with E-state index in [1.807, 2.05) is 20.8 Å². The summed E-state index contributed by atoms with van der Waals surface area (Å²) in [5.41, 5.74) is 0.178. The average Bonchev–Trinajstić information content (AvgIpc) is 2.56. The van der Waals surface area contributed by atoms with Crippen LogP contribution in [0.2, 0.25) is 10.0 Å². The molecule has 0 saturated carbocycles. The Morgan fingerprint density at radius 1 is 1.27 bits per heavy atom. The molecule has 2 amide bonds. The summed E-state index contributed by atoms with van der Waals surface area (Å²) >= 11 is 12.4. The zero-order valence-corrected chi connectivity index (χ0v) is 17.2. The molecule has 0 radical (unpaired) electrons. The highest BCUT2D eigenvalue weighted by atomic mass is 35.5. The topological polar surface area (TPSA) is 49.9 Å². The van der Waals surface area contributed by atoms with E-state index in [9.17, 15) is 9.59 Å². The Balaban J connectivity index is 2.01. The molecule has 1 atom stereocenters. The van der Waals surface area contributed by atoms with Crippen molar-refractivity contribution in [2.24, 2.45) is 5.92 Å². The number of nitrogens with zero attached hydrogens (tertiary/aromatic N) is 2. The van der Waals surface area contributed by atoms with Gasteiger partial charge in [0.15, 0.2) is 0 Å². The number of likely N-dealkylation sites (tertiary alicyclic amines) is 1. The van der Waals surface area contributed by atoms with E-state index in [0.29, 0.717) is 29.7 Å². The quantitative estimate of drug-likeness (QED) is 0.744. The van der Waals surface area contributed by atoms with Gasteiger partial charge in [-0.15, -0.1) is 0 Å². The number of hydrogen-bond acceptors (Lipinski definition) is 3. The minimum atomic E-state index is -0.550. The van der Waals surface area contributed by atoms with Crippen LogP contribution in [0.3, 0.4) is 0 Å². The Labute approximate surface area is 165 Å². The second-order valence-corrected chi connectivity index (χ2v) is 8.47. The Morgan fingerprint density at radius 3 is 2.46 bits per heavy atom. The minimum Gasteiger partial charge on any atom is -0.444 e. The molecule has 1 aliphatic heterocycles. The van der Waals surface area contributed by atoms with Crippen molar-refractivity contribution in [2.45, 2.75) is 45.8 Å². The molecule has 1 aromatic carbocycles. The summed E-state index contributed by atoms with van der Waals surface area (Å²) in [7, 11) is 1.73.